The molecule has 0 spiro atoms. The molecule has 0 bridgehead atoms. The number of hydrogen-bond donors (Lipinski definition) is 2. The third kappa shape index (κ3) is 11.7. The number of rotatable bonds is 22. The molecule has 0 aromatic heterocycles. The van der Waals surface area contributed by atoms with Gasteiger partial charge < -0.3 is 38.9 Å². The predicted octanol–water partition coefficient (Wildman–Crippen LogP) is 14.1. The van der Waals surface area contributed by atoms with Crippen LogP contribution in [0.5, 0.6) is 23.0 Å². The van der Waals surface area contributed by atoms with Crippen LogP contribution < -0.4 is 30.0 Å². The van der Waals surface area contributed by atoms with E-state index >= 15 is 0 Å². The van der Waals surface area contributed by atoms with Crippen LogP contribution in [0.3, 0.4) is 0 Å². The summed E-state index contributed by atoms with van der Waals surface area (Å²) < 4.78 is 34.3. The number of phenols is 1. The molecule has 13 heteroatoms. The van der Waals surface area contributed by atoms with Crippen molar-refractivity contribution in [3.8, 4) is 23.0 Å². The molecule has 2 aliphatic rings. The molecule has 380 valence electrons. The van der Waals surface area contributed by atoms with Gasteiger partial charge in [0.25, 0.3) is 0 Å². The van der Waals surface area contributed by atoms with Gasteiger partial charge in [-0.15, -0.1) is 0 Å². The number of carbonyl (C=O) groups is 2. The lowest BCUT2D eigenvalue weighted by atomic mass is 9.92. The van der Waals surface area contributed by atoms with E-state index < -0.39 is 0 Å². The second-order valence-corrected chi connectivity index (χ2v) is 23.2. The minimum absolute atomic E-state index is 0.0263. The van der Waals surface area contributed by atoms with Gasteiger partial charge in [0.15, 0.2) is 0 Å². The van der Waals surface area contributed by atoms with Gasteiger partial charge in [-0.1, -0.05) is 91.1 Å². The highest BCUT2D eigenvalue weighted by Gasteiger charge is 2.20. The maximum Gasteiger partial charge on any atom is 0.216 e. The van der Waals surface area contributed by atoms with Crippen molar-refractivity contribution in [2.45, 2.75) is 85.4 Å². The van der Waals surface area contributed by atoms with Crippen LogP contribution in [0.25, 0.3) is 62.3 Å². The number of aromatic hydroxyl groups is 1. The summed E-state index contributed by atoms with van der Waals surface area (Å²) in [6.45, 7) is 8.35. The third-order valence-corrected chi connectivity index (χ3v) is 17.7. The number of thioether (sulfide) groups is 4. The van der Waals surface area contributed by atoms with E-state index in [4.69, 9.17) is 23.7 Å². The Morgan fingerprint density at radius 2 is 1.18 bits per heavy atom. The molecule has 2 N–H and O–H groups in total. The molecule has 8 aromatic rings. The second kappa shape index (κ2) is 23.8. The van der Waals surface area contributed by atoms with Gasteiger partial charge in [0, 0.05) is 47.6 Å². The number of nitrogens with one attached hydrogen (secondary N) is 1. The van der Waals surface area contributed by atoms with E-state index in [1.165, 1.54) is 46.4 Å². The molecule has 10 rings (SSSR count). The summed E-state index contributed by atoms with van der Waals surface area (Å²) in [7, 11) is 1.67. The third-order valence-electron chi connectivity index (χ3n) is 13.5. The van der Waals surface area contributed by atoms with E-state index in [1.807, 2.05) is 44.2 Å². The number of fused-ring (bicyclic) bond motifs is 2. The van der Waals surface area contributed by atoms with Crippen LogP contribution in [0.2, 0.25) is 0 Å². The van der Waals surface area contributed by atoms with Gasteiger partial charge in [-0.25, -0.2) is 0 Å². The highest BCUT2D eigenvalue weighted by molar-refractivity contribution is 8.35. The Bertz CT molecular complexity index is 3510. The summed E-state index contributed by atoms with van der Waals surface area (Å²) >= 11 is 6.82. The monoisotopic (exact) mass is 1060 g/mol. The van der Waals surface area contributed by atoms with Crippen molar-refractivity contribution in [1.29, 1.82) is 0 Å². The lowest BCUT2D eigenvalue weighted by molar-refractivity contribution is -0.119. The molecule has 74 heavy (non-hydrogen) atoms. The molecule has 0 radical (unpaired) electrons. The maximum absolute atomic E-state index is 11.7. The second-order valence-electron chi connectivity index (χ2n) is 19.0. The molecule has 0 saturated carbocycles. The number of benzene rings is 8. The first kappa shape index (κ1) is 51.7. The molecule has 0 aliphatic carbocycles. The Hall–Kier alpha value is -5.80. The minimum Gasteiger partial charge on any atom is -0.508 e. The number of amides is 1. The fourth-order valence-corrected chi connectivity index (χ4v) is 13.9. The van der Waals surface area contributed by atoms with Crippen molar-refractivity contribution in [3.05, 3.63) is 151 Å². The van der Waals surface area contributed by atoms with Gasteiger partial charge in [-0.2, -0.15) is 0 Å². The largest absolute Gasteiger partial charge is 0.508 e. The lowest BCUT2D eigenvalue weighted by Gasteiger charge is -2.21. The number of carbonyl (C=O) groups excluding carboxylic acids is 2. The number of aldehydes is 1. The number of phenolic OH excluding ortho intramolecular Hbond substituents is 1. The standard InChI is InChI=1S/C61H59NO8S4/c1-37(32-63)23-38(2)70-55-29-47(36-69-49-14-16-51-53(31-49)59(61-73-21-22-74-61)50-15-13-48(65)30-52(50)58(51)60-71-19-20-72-60)54(66-4)28-46(55)35-68-34-41-26-44-11-9-42-24-40(25-43-10-12-45(27-41)57(44)56(42)43)33-67-18-8-6-5-7-17-62-39(3)64/h9-16,19-22,24-32,37-38,65H,5-8,17-18,23,33-36H2,1-4H3,(H,62,64). The first-order valence-corrected chi connectivity index (χ1v) is 28.6. The smallest absolute Gasteiger partial charge is 0.216 e. The van der Waals surface area contributed by atoms with Crippen molar-refractivity contribution in [2.75, 3.05) is 20.3 Å². The first-order chi connectivity index (χ1) is 36.1. The molecule has 0 fully saturated rings. The van der Waals surface area contributed by atoms with E-state index in [-0.39, 0.29) is 36.9 Å². The highest BCUT2D eigenvalue weighted by atomic mass is 32.2. The number of hydrogen-bond acceptors (Lipinski definition) is 12. The minimum atomic E-state index is -0.240. The molecule has 8 aromatic carbocycles. The molecule has 2 aliphatic heterocycles. The molecule has 2 heterocycles. The van der Waals surface area contributed by atoms with Gasteiger partial charge in [0.2, 0.25) is 5.91 Å². The molecule has 2 atom stereocenters. The average Bonchev–Trinajstić information content (AvgIpc) is 4.16. The van der Waals surface area contributed by atoms with Crippen molar-refractivity contribution in [3.63, 3.8) is 0 Å². The highest BCUT2D eigenvalue weighted by Crippen LogP contribution is 2.42. The number of unbranched alkanes of at least 4 members (excludes halogenated alkanes) is 3. The van der Waals surface area contributed by atoms with Crippen LogP contribution in [0, 0.1) is 5.92 Å². The summed E-state index contributed by atoms with van der Waals surface area (Å²) in [4.78, 5) is 22.8. The predicted molar refractivity (Wildman–Crippen MR) is 311 cm³/mol. The summed E-state index contributed by atoms with van der Waals surface area (Å²) in [6.07, 6.45) is 5.45. The van der Waals surface area contributed by atoms with Crippen LogP contribution >= 0.6 is 47.0 Å². The van der Waals surface area contributed by atoms with E-state index in [0.29, 0.717) is 43.5 Å². The summed E-state index contributed by atoms with van der Waals surface area (Å²) in [5.74, 6) is 2.13. The summed E-state index contributed by atoms with van der Waals surface area (Å²) in [6, 6.07) is 33.7. The molecule has 1 amide bonds. The van der Waals surface area contributed by atoms with Crippen LogP contribution in [-0.4, -0.2) is 43.7 Å². The fourth-order valence-electron chi connectivity index (χ4n) is 10.1. The molecule has 0 saturated heterocycles. The topological polar surface area (TPSA) is 113 Å². The van der Waals surface area contributed by atoms with Crippen molar-refractivity contribution in [2.24, 2.45) is 5.92 Å². The Balaban J connectivity index is 0.871. The normalized spacial score (nSPS) is 14.3. The van der Waals surface area contributed by atoms with Gasteiger partial charge in [0.1, 0.15) is 35.9 Å². The SMILES string of the molecule is COc1cc(COCc2cc3ccc4cc(COCCCCCCNC(C)=O)cc5ccc(c2)c3c45)c(OC(C)CC(C)C=O)cc1COc1ccc2c(=C3SC=CS3)c3cc(O)ccc3c(=C3SC=CS3)c2c1. The zero-order valence-electron chi connectivity index (χ0n) is 42.0. The van der Waals surface area contributed by atoms with Gasteiger partial charge >= 0.3 is 0 Å². The van der Waals surface area contributed by atoms with Crippen LogP contribution in [0.15, 0.2) is 119 Å². The Morgan fingerprint density at radius 3 is 1.77 bits per heavy atom. The van der Waals surface area contributed by atoms with E-state index in [1.54, 1.807) is 67.1 Å². The van der Waals surface area contributed by atoms with Crippen molar-refractivity contribution < 1.29 is 38.4 Å². The summed E-state index contributed by atoms with van der Waals surface area (Å²) in [5.41, 5.74) is 3.88. The van der Waals surface area contributed by atoms with Gasteiger partial charge in [-0.05, 0) is 186 Å². The molecular weight excluding hydrogens is 1000 g/mol. The maximum atomic E-state index is 11.7. The van der Waals surface area contributed by atoms with Gasteiger partial charge in [0.05, 0.1) is 41.5 Å². The number of methoxy groups -OCH3 is 1. The summed E-state index contributed by atoms with van der Waals surface area (Å²) in [5, 5.41) is 35.7. The Labute approximate surface area is 448 Å². The van der Waals surface area contributed by atoms with Gasteiger partial charge in [-0.3, -0.25) is 4.79 Å². The van der Waals surface area contributed by atoms with Crippen molar-refractivity contribution in [1.82, 2.24) is 5.32 Å². The molecular formula is C61H59NO8S4. The first-order valence-electron chi connectivity index (χ1n) is 25.1. The molecule has 9 nitrogen and oxygen atoms in total. The zero-order chi connectivity index (χ0) is 51.1. The van der Waals surface area contributed by atoms with Crippen molar-refractivity contribution >= 4 is 122 Å². The van der Waals surface area contributed by atoms with E-state index in [0.717, 1.165) is 87.2 Å². The Morgan fingerprint density at radius 1 is 0.622 bits per heavy atom. The fraction of sp³-hybridized carbons (Fsp3) is 0.279. The van der Waals surface area contributed by atoms with Crippen LogP contribution in [0.4, 0.5) is 0 Å². The van der Waals surface area contributed by atoms with E-state index in [9.17, 15) is 14.7 Å². The zero-order valence-corrected chi connectivity index (χ0v) is 45.3. The van der Waals surface area contributed by atoms with Crippen LogP contribution in [-0.2, 0) is 45.5 Å². The quantitative estimate of drug-likeness (QED) is 0.0292. The lowest BCUT2D eigenvalue weighted by Crippen LogP contribution is -2.20. The van der Waals surface area contributed by atoms with E-state index in [2.05, 4.69) is 87.6 Å². The average molecular weight is 1060 g/mol. The van der Waals surface area contributed by atoms with Crippen LogP contribution in [0.1, 0.15) is 75.1 Å². The Kier molecular flexibility index (Phi) is 16.6. The number of ether oxygens (including phenoxy) is 5. The molecule has 2 unspecified atom stereocenters.